The van der Waals surface area contributed by atoms with Crippen LogP contribution in [0.3, 0.4) is 0 Å². The molecule has 5 nitrogen and oxygen atoms in total. The molecule has 0 aromatic carbocycles. The van der Waals surface area contributed by atoms with Crippen molar-refractivity contribution in [1.29, 1.82) is 0 Å². The van der Waals surface area contributed by atoms with Crippen molar-refractivity contribution in [3.63, 3.8) is 0 Å². The van der Waals surface area contributed by atoms with Gasteiger partial charge in [0.15, 0.2) is 6.10 Å². The molecule has 0 saturated carbocycles. The van der Waals surface area contributed by atoms with E-state index in [2.05, 4.69) is 5.10 Å². The topological polar surface area (TPSA) is 67.2 Å². The van der Waals surface area contributed by atoms with Gasteiger partial charge in [-0.15, -0.1) is 0 Å². The summed E-state index contributed by atoms with van der Waals surface area (Å²) in [4.78, 5) is 11.3. The number of aliphatic hydroxyl groups excluding tert-OH is 1. The molecule has 1 unspecified atom stereocenters. The van der Waals surface area contributed by atoms with Gasteiger partial charge in [-0.3, -0.25) is 9.48 Å². The summed E-state index contributed by atoms with van der Waals surface area (Å²) in [5.74, 6) is -0.771. The maximum atomic E-state index is 12.0. The van der Waals surface area contributed by atoms with E-state index in [4.69, 9.17) is 16.7 Å². The number of nitrogens with zero attached hydrogens (tertiary/aromatic N) is 2. The van der Waals surface area contributed by atoms with Crippen LogP contribution in [0.2, 0.25) is 5.15 Å². The average Bonchev–Trinajstić information content (AvgIpc) is 2.57. The Kier molecular flexibility index (Phi) is 5.18. The van der Waals surface area contributed by atoms with E-state index in [0.717, 1.165) is 6.08 Å². The third-order valence-electron chi connectivity index (χ3n) is 2.45. The van der Waals surface area contributed by atoms with Crippen LogP contribution in [0.15, 0.2) is 6.08 Å². The summed E-state index contributed by atoms with van der Waals surface area (Å²) in [6.07, 6.45) is -4.98. The molecule has 0 saturated heterocycles. The lowest BCUT2D eigenvalue weighted by atomic mass is 10.2. The van der Waals surface area contributed by atoms with E-state index in [1.807, 2.05) is 5.32 Å². The number of alkyl halides is 3. The van der Waals surface area contributed by atoms with Crippen LogP contribution in [0.1, 0.15) is 11.3 Å². The quantitative estimate of drug-likeness (QED) is 0.827. The molecule has 20 heavy (non-hydrogen) atoms. The molecule has 0 fully saturated rings. The van der Waals surface area contributed by atoms with Crippen LogP contribution in [0.5, 0.6) is 0 Å². The molecule has 1 atom stereocenters. The van der Waals surface area contributed by atoms with Crippen molar-refractivity contribution >= 4 is 23.6 Å². The molecule has 1 aromatic rings. The lowest BCUT2D eigenvalue weighted by Gasteiger charge is -2.14. The number of hydrogen-bond acceptors (Lipinski definition) is 3. The van der Waals surface area contributed by atoms with Crippen molar-refractivity contribution in [2.45, 2.75) is 19.2 Å². The molecular formula is C11H13ClF3N3O2. The molecule has 0 bridgehead atoms. The van der Waals surface area contributed by atoms with Crippen LogP contribution in [-0.2, 0) is 11.8 Å². The van der Waals surface area contributed by atoms with Crippen molar-refractivity contribution in [2.75, 3.05) is 6.54 Å². The van der Waals surface area contributed by atoms with Crippen LogP contribution in [0.25, 0.3) is 6.08 Å². The van der Waals surface area contributed by atoms with Gasteiger partial charge in [-0.1, -0.05) is 11.6 Å². The predicted molar refractivity (Wildman–Crippen MR) is 67.1 cm³/mol. The van der Waals surface area contributed by atoms with Crippen molar-refractivity contribution in [2.24, 2.45) is 7.05 Å². The number of amides is 1. The summed E-state index contributed by atoms with van der Waals surface area (Å²) < 4.78 is 37.4. The Balaban J connectivity index is 2.61. The van der Waals surface area contributed by atoms with Crippen molar-refractivity contribution in [1.82, 2.24) is 15.1 Å². The third-order valence-corrected chi connectivity index (χ3v) is 2.89. The van der Waals surface area contributed by atoms with E-state index in [-0.39, 0.29) is 0 Å². The number of nitrogens with one attached hydrogen (secondary N) is 1. The minimum Gasteiger partial charge on any atom is -0.382 e. The Morgan fingerprint density at radius 1 is 1.60 bits per heavy atom. The van der Waals surface area contributed by atoms with E-state index in [9.17, 15) is 18.0 Å². The van der Waals surface area contributed by atoms with Crippen molar-refractivity contribution in [3.05, 3.63) is 22.5 Å². The van der Waals surface area contributed by atoms with Crippen LogP contribution in [0, 0.1) is 6.92 Å². The summed E-state index contributed by atoms with van der Waals surface area (Å²) in [7, 11) is 1.62. The second-order valence-electron chi connectivity index (χ2n) is 4.05. The summed E-state index contributed by atoms with van der Waals surface area (Å²) in [6.45, 7) is 0.767. The monoisotopic (exact) mass is 311 g/mol. The first-order chi connectivity index (χ1) is 9.12. The van der Waals surface area contributed by atoms with E-state index in [1.54, 1.807) is 14.0 Å². The number of rotatable bonds is 4. The minimum atomic E-state index is -4.76. The zero-order valence-electron chi connectivity index (χ0n) is 10.7. The van der Waals surface area contributed by atoms with E-state index < -0.39 is 24.7 Å². The Hall–Kier alpha value is -1.54. The van der Waals surface area contributed by atoms with Crippen LogP contribution < -0.4 is 5.32 Å². The molecular weight excluding hydrogens is 299 g/mol. The van der Waals surface area contributed by atoms with Crippen molar-refractivity contribution < 1.29 is 23.1 Å². The second-order valence-corrected chi connectivity index (χ2v) is 4.41. The Morgan fingerprint density at radius 2 is 2.20 bits per heavy atom. The molecule has 0 spiro atoms. The van der Waals surface area contributed by atoms with Gasteiger partial charge in [-0.25, -0.2) is 0 Å². The van der Waals surface area contributed by atoms with Gasteiger partial charge in [0.1, 0.15) is 5.15 Å². The van der Waals surface area contributed by atoms with Gasteiger partial charge in [0.2, 0.25) is 5.91 Å². The third kappa shape index (κ3) is 4.24. The Bertz CT molecular complexity index is 526. The SMILES string of the molecule is Cc1nn(C)c(Cl)c1/C=C/C(=O)NCC(O)C(F)(F)F. The van der Waals surface area contributed by atoms with Gasteiger partial charge in [-0.05, 0) is 13.0 Å². The summed E-state index contributed by atoms with van der Waals surface area (Å²) >= 11 is 5.91. The fourth-order valence-electron chi connectivity index (χ4n) is 1.37. The fraction of sp³-hybridized carbons (Fsp3) is 0.455. The maximum Gasteiger partial charge on any atom is 0.416 e. The molecule has 1 aromatic heterocycles. The number of aliphatic hydroxyl groups is 1. The van der Waals surface area contributed by atoms with Gasteiger partial charge in [0.25, 0.3) is 0 Å². The van der Waals surface area contributed by atoms with Gasteiger partial charge in [-0.2, -0.15) is 18.3 Å². The number of aryl methyl sites for hydroxylation is 2. The molecule has 0 aliphatic heterocycles. The molecule has 0 aliphatic carbocycles. The van der Waals surface area contributed by atoms with Crippen LogP contribution >= 0.6 is 11.6 Å². The number of carbonyl (C=O) groups is 1. The molecule has 112 valence electrons. The van der Waals surface area contributed by atoms with E-state index in [1.165, 1.54) is 10.8 Å². The van der Waals surface area contributed by atoms with Gasteiger partial charge < -0.3 is 10.4 Å². The van der Waals surface area contributed by atoms with Crippen LogP contribution in [0.4, 0.5) is 13.2 Å². The first kappa shape index (κ1) is 16.5. The highest BCUT2D eigenvalue weighted by atomic mass is 35.5. The number of hydrogen-bond donors (Lipinski definition) is 2. The Labute approximate surface area is 118 Å². The zero-order valence-corrected chi connectivity index (χ0v) is 11.5. The molecule has 9 heteroatoms. The zero-order chi connectivity index (χ0) is 15.5. The Morgan fingerprint density at radius 3 is 2.65 bits per heavy atom. The fourth-order valence-corrected chi connectivity index (χ4v) is 1.60. The second kappa shape index (κ2) is 6.27. The minimum absolute atomic E-state index is 0.307. The summed E-state index contributed by atoms with van der Waals surface area (Å²) in [5, 5.41) is 15.0. The lowest BCUT2D eigenvalue weighted by Crippen LogP contribution is -2.40. The molecule has 1 rings (SSSR count). The highest BCUT2D eigenvalue weighted by Gasteiger charge is 2.38. The maximum absolute atomic E-state index is 12.0. The highest BCUT2D eigenvalue weighted by molar-refractivity contribution is 6.31. The molecule has 1 amide bonds. The number of carbonyl (C=O) groups excluding carboxylic acids is 1. The molecule has 1 heterocycles. The lowest BCUT2D eigenvalue weighted by molar-refractivity contribution is -0.201. The van der Waals surface area contributed by atoms with Gasteiger partial charge >= 0.3 is 6.18 Å². The van der Waals surface area contributed by atoms with E-state index >= 15 is 0 Å². The molecule has 2 N–H and O–H groups in total. The predicted octanol–water partition coefficient (Wildman–Crippen LogP) is 1.43. The average molecular weight is 312 g/mol. The largest absolute Gasteiger partial charge is 0.416 e. The highest BCUT2D eigenvalue weighted by Crippen LogP contribution is 2.20. The number of aromatic nitrogens is 2. The van der Waals surface area contributed by atoms with Crippen molar-refractivity contribution in [3.8, 4) is 0 Å². The number of halogens is 4. The molecule has 0 aliphatic rings. The first-order valence-electron chi connectivity index (χ1n) is 5.52. The summed E-state index contributed by atoms with van der Waals surface area (Å²) in [5.41, 5.74) is 1.08. The van der Waals surface area contributed by atoms with E-state index in [0.29, 0.717) is 16.4 Å². The first-order valence-corrected chi connectivity index (χ1v) is 5.90. The normalized spacial score (nSPS) is 13.8. The summed E-state index contributed by atoms with van der Waals surface area (Å²) in [6, 6.07) is 0. The van der Waals surface area contributed by atoms with Gasteiger partial charge in [0.05, 0.1) is 12.2 Å². The van der Waals surface area contributed by atoms with Gasteiger partial charge in [0, 0.05) is 18.7 Å². The standard InChI is InChI=1S/C11H13ClF3N3O2/c1-6-7(10(12)18(2)17-6)3-4-9(20)16-5-8(19)11(13,14)15/h3-4,8,19H,5H2,1-2H3,(H,16,20)/b4-3+. The molecule has 0 radical (unpaired) electrons. The smallest absolute Gasteiger partial charge is 0.382 e. The van der Waals surface area contributed by atoms with Crippen LogP contribution in [-0.4, -0.2) is 39.6 Å².